The second kappa shape index (κ2) is 2.21. The Bertz CT molecular complexity index is 269. The van der Waals surface area contributed by atoms with Gasteiger partial charge in [0, 0.05) is 11.9 Å². The van der Waals surface area contributed by atoms with Crippen molar-refractivity contribution in [3.8, 4) is 0 Å². The predicted molar refractivity (Wildman–Crippen MR) is 50.3 cm³/mol. The third kappa shape index (κ3) is 0.954. The van der Waals surface area contributed by atoms with Gasteiger partial charge in [-0.2, -0.15) is 0 Å². The first-order valence-electron chi connectivity index (χ1n) is 5.11. The molecular weight excluding hydrogens is 146 g/mol. The smallest absolute Gasteiger partial charge is 0.0392 e. The van der Waals surface area contributed by atoms with Crippen molar-refractivity contribution in [3.63, 3.8) is 0 Å². The van der Waals surface area contributed by atoms with Gasteiger partial charge in [-0.25, -0.2) is 0 Å². The molecule has 0 aromatic carbocycles. The van der Waals surface area contributed by atoms with E-state index in [1.54, 1.807) is 5.57 Å². The Labute approximate surface area is 73.6 Å². The van der Waals surface area contributed by atoms with Gasteiger partial charge in [0.25, 0.3) is 0 Å². The first-order valence-corrected chi connectivity index (χ1v) is 5.11. The topological polar surface area (TPSA) is 12.4 Å². The van der Waals surface area contributed by atoms with Crippen molar-refractivity contribution < 1.29 is 0 Å². The molecule has 1 heterocycles. The average Bonchev–Trinajstić information content (AvgIpc) is 2.85. The molecular formula is C11H15N. The summed E-state index contributed by atoms with van der Waals surface area (Å²) in [6, 6.07) is 0. The highest BCUT2D eigenvalue weighted by molar-refractivity contribution is 5.61. The van der Waals surface area contributed by atoms with Crippen molar-refractivity contribution in [2.24, 2.45) is 10.4 Å². The van der Waals surface area contributed by atoms with E-state index in [0.717, 1.165) is 5.41 Å². The lowest BCUT2D eigenvalue weighted by Gasteiger charge is -2.26. The molecule has 0 N–H and O–H groups in total. The van der Waals surface area contributed by atoms with Gasteiger partial charge in [-0.15, -0.1) is 0 Å². The van der Waals surface area contributed by atoms with Gasteiger partial charge in [-0.3, -0.25) is 4.99 Å². The maximum Gasteiger partial charge on any atom is 0.0392 e. The molecule has 0 bridgehead atoms. The van der Waals surface area contributed by atoms with Crippen molar-refractivity contribution in [1.29, 1.82) is 0 Å². The van der Waals surface area contributed by atoms with E-state index >= 15 is 0 Å². The lowest BCUT2D eigenvalue weighted by Crippen LogP contribution is -2.12. The van der Waals surface area contributed by atoms with Gasteiger partial charge >= 0.3 is 0 Å². The zero-order valence-corrected chi connectivity index (χ0v) is 7.47. The van der Waals surface area contributed by atoms with Crippen LogP contribution in [0.4, 0.5) is 0 Å². The third-order valence-corrected chi connectivity index (χ3v) is 3.67. The summed E-state index contributed by atoms with van der Waals surface area (Å²) in [6.07, 6.45) is 11.7. The van der Waals surface area contributed by atoms with Crippen molar-refractivity contribution in [2.75, 3.05) is 0 Å². The van der Waals surface area contributed by atoms with Crippen molar-refractivity contribution in [1.82, 2.24) is 0 Å². The normalized spacial score (nSPS) is 30.7. The lowest BCUT2D eigenvalue weighted by molar-refractivity contribution is 0.423. The van der Waals surface area contributed by atoms with E-state index in [9.17, 15) is 0 Å². The van der Waals surface area contributed by atoms with Crippen molar-refractivity contribution >= 4 is 6.21 Å². The molecule has 3 aliphatic rings. The van der Waals surface area contributed by atoms with E-state index in [-0.39, 0.29) is 0 Å². The minimum Gasteiger partial charge on any atom is -0.266 e. The van der Waals surface area contributed by atoms with Crippen LogP contribution < -0.4 is 0 Å². The summed E-state index contributed by atoms with van der Waals surface area (Å²) in [6.45, 7) is 0. The molecule has 0 atom stereocenters. The van der Waals surface area contributed by atoms with E-state index in [2.05, 4.69) is 11.2 Å². The first-order chi connectivity index (χ1) is 5.88. The van der Waals surface area contributed by atoms with Crippen LogP contribution in [0.3, 0.4) is 0 Å². The largest absolute Gasteiger partial charge is 0.266 e. The summed E-state index contributed by atoms with van der Waals surface area (Å²) >= 11 is 0. The van der Waals surface area contributed by atoms with Crippen LogP contribution in [0.25, 0.3) is 0 Å². The van der Waals surface area contributed by atoms with Crippen LogP contribution in [-0.4, -0.2) is 6.21 Å². The van der Waals surface area contributed by atoms with Crippen LogP contribution in [0.15, 0.2) is 16.3 Å². The van der Waals surface area contributed by atoms with Crippen LogP contribution in [0.5, 0.6) is 0 Å². The second-order valence-corrected chi connectivity index (χ2v) is 4.58. The summed E-state index contributed by atoms with van der Waals surface area (Å²) in [5, 5.41) is 0. The monoisotopic (exact) mass is 161 g/mol. The molecule has 0 radical (unpaired) electrons. The van der Waals surface area contributed by atoms with Crippen LogP contribution in [0.1, 0.15) is 44.9 Å². The quantitative estimate of drug-likeness (QED) is 0.517. The van der Waals surface area contributed by atoms with E-state index in [0.29, 0.717) is 0 Å². The zero-order chi connectivity index (χ0) is 8.02. The predicted octanol–water partition coefficient (Wildman–Crippen LogP) is 3.07. The molecule has 1 nitrogen and oxygen atoms in total. The molecule has 0 aromatic heterocycles. The van der Waals surface area contributed by atoms with E-state index in [1.807, 2.05) is 0 Å². The Hall–Kier alpha value is -0.590. The highest BCUT2D eigenvalue weighted by Crippen LogP contribution is 2.58. The van der Waals surface area contributed by atoms with Crippen molar-refractivity contribution in [2.45, 2.75) is 44.9 Å². The average molecular weight is 161 g/mol. The molecule has 64 valence electrons. The van der Waals surface area contributed by atoms with Crippen molar-refractivity contribution in [3.05, 3.63) is 11.3 Å². The van der Waals surface area contributed by atoms with E-state index in [4.69, 9.17) is 0 Å². The Balaban J connectivity index is 1.90. The molecule has 2 aliphatic carbocycles. The molecule has 1 heteroatoms. The highest BCUT2D eigenvalue weighted by atomic mass is 14.8. The maximum absolute atomic E-state index is 4.50. The molecule has 0 saturated heterocycles. The Morgan fingerprint density at radius 3 is 2.92 bits per heavy atom. The molecule has 3 rings (SSSR count). The van der Waals surface area contributed by atoms with Crippen LogP contribution in [0, 0.1) is 5.41 Å². The molecule has 1 saturated carbocycles. The molecule has 0 aromatic rings. The number of hydrogen-bond acceptors (Lipinski definition) is 1. The Morgan fingerprint density at radius 1 is 1.17 bits per heavy atom. The number of rotatable bonds is 0. The van der Waals surface area contributed by atoms with Gasteiger partial charge in [0.1, 0.15) is 0 Å². The molecule has 1 aliphatic heterocycles. The van der Waals surface area contributed by atoms with Gasteiger partial charge < -0.3 is 0 Å². The summed E-state index contributed by atoms with van der Waals surface area (Å²) in [7, 11) is 0. The Kier molecular flexibility index (Phi) is 1.27. The summed E-state index contributed by atoms with van der Waals surface area (Å²) in [5.41, 5.74) is 3.92. The van der Waals surface area contributed by atoms with Gasteiger partial charge in [0.05, 0.1) is 0 Å². The van der Waals surface area contributed by atoms with Gasteiger partial charge in [-0.05, 0) is 55.9 Å². The standard InChI is InChI=1S/C11H15N/c1-2-9-8-11(5-6-11)4-3-10(9)12-7-1/h7H,1-6,8H2. The lowest BCUT2D eigenvalue weighted by atomic mass is 9.82. The number of allylic oxidation sites excluding steroid dienone is 2. The maximum atomic E-state index is 4.50. The van der Waals surface area contributed by atoms with Gasteiger partial charge in [-0.1, -0.05) is 0 Å². The summed E-state index contributed by atoms with van der Waals surface area (Å²) < 4.78 is 0. The van der Waals surface area contributed by atoms with Crippen LogP contribution in [0.2, 0.25) is 0 Å². The molecule has 0 unspecified atom stereocenters. The highest BCUT2D eigenvalue weighted by Gasteiger charge is 2.45. The minimum absolute atomic E-state index is 0.783. The third-order valence-electron chi connectivity index (χ3n) is 3.67. The Morgan fingerprint density at radius 2 is 2.08 bits per heavy atom. The SMILES string of the molecule is C1=NC2=C(CC1)CC1(CC2)CC1. The first kappa shape index (κ1) is 6.88. The molecule has 1 spiro atoms. The minimum atomic E-state index is 0.783. The number of aliphatic imine (C=N–C) groups is 1. The van der Waals surface area contributed by atoms with Gasteiger partial charge in [0.2, 0.25) is 0 Å². The fourth-order valence-corrected chi connectivity index (χ4v) is 2.61. The zero-order valence-electron chi connectivity index (χ0n) is 7.47. The fourth-order valence-electron chi connectivity index (χ4n) is 2.61. The van der Waals surface area contributed by atoms with Crippen LogP contribution in [-0.2, 0) is 0 Å². The van der Waals surface area contributed by atoms with Crippen LogP contribution >= 0.6 is 0 Å². The second-order valence-electron chi connectivity index (χ2n) is 4.58. The summed E-state index contributed by atoms with van der Waals surface area (Å²) in [5.74, 6) is 0. The molecule has 12 heavy (non-hydrogen) atoms. The number of hydrogen-bond donors (Lipinski definition) is 0. The van der Waals surface area contributed by atoms with E-state index in [1.165, 1.54) is 50.6 Å². The fraction of sp³-hybridized carbons (Fsp3) is 0.727. The number of nitrogens with zero attached hydrogens (tertiary/aromatic N) is 1. The van der Waals surface area contributed by atoms with Gasteiger partial charge in [0.15, 0.2) is 0 Å². The molecule has 0 amide bonds. The van der Waals surface area contributed by atoms with E-state index < -0.39 is 0 Å². The summed E-state index contributed by atoms with van der Waals surface area (Å²) in [4.78, 5) is 4.50. The molecule has 1 fully saturated rings.